The van der Waals surface area contributed by atoms with Gasteiger partial charge in [0.25, 0.3) is 0 Å². The Morgan fingerprint density at radius 2 is 1.89 bits per heavy atom. The highest BCUT2D eigenvalue weighted by molar-refractivity contribution is 9.10. The minimum Gasteiger partial charge on any atom is -0.373 e. The van der Waals surface area contributed by atoms with Crippen molar-refractivity contribution in [1.29, 1.82) is 0 Å². The second kappa shape index (κ2) is 7.27. The van der Waals surface area contributed by atoms with E-state index in [0.29, 0.717) is 12.7 Å². The molecule has 0 saturated carbocycles. The number of unbranched alkanes of at least 4 members (excludes halogenated alkanes) is 2. The van der Waals surface area contributed by atoms with Gasteiger partial charge < -0.3 is 9.47 Å². The Hall–Kier alpha value is -0.380. The Bertz CT molecular complexity index is 342. The zero-order chi connectivity index (χ0) is 12.8. The number of rotatable bonds is 5. The highest BCUT2D eigenvalue weighted by Gasteiger charge is 2.22. The van der Waals surface area contributed by atoms with E-state index >= 15 is 0 Å². The van der Waals surface area contributed by atoms with Crippen LogP contribution in [-0.2, 0) is 9.47 Å². The first-order valence-electron chi connectivity index (χ1n) is 6.78. The molecular weight excluding hydrogens is 292 g/mol. The van der Waals surface area contributed by atoms with Crippen molar-refractivity contribution < 1.29 is 9.47 Å². The molecule has 2 nitrogen and oxygen atoms in total. The van der Waals surface area contributed by atoms with Gasteiger partial charge in [0, 0.05) is 4.47 Å². The summed E-state index contributed by atoms with van der Waals surface area (Å²) in [5, 5.41) is 0. The summed E-state index contributed by atoms with van der Waals surface area (Å²) in [5.41, 5.74) is 1.20. The van der Waals surface area contributed by atoms with E-state index in [2.05, 4.69) is 35.0 Å². The van der Waals surface area contributed by atoms with Crippen molar-refractivity contribution in [2.75, 3.05) is 13.2 Å². The first-order valence-corrected chi connectivity index (χ1v) is 7.57. The van der Waals surface area contributed by atoms with Gasteiger partial charge in [-0.05, 0) is 24.1 Å². The Labute approximate surface area is 118 Å². The molecule has 3 heteroatoms. The summed E-state index contributed by atoms with van der Waals surface area (Å²) >= 11 is 3.44. The quantitative estimate of drug-likeness (QED) is 0.746. The van der Waals surface area contributed by atoms with Gasteiger partial charge in [-0.2, -0.15) is 0 Å². The van der Waals surface area contributed by atoms with Gasteiger partial charge in [-0.25, -0.2) is 0 Å². The van der Waals surface area contributed by atoms with E-state index < -0.39 is 0 Å². The van der Waals surface area contributed by atoms with Crippen molar-refractivity contribution in [3.63, 3.8) is 0 Å². The number of halogens is 1. The summed E-state index contributed by atoms with van der Waals surface area (Å²) in [6.45, 7) is 3.63. The first-order chi connectivity index (χ1) is 8.79. The van der Waals surface area contributed by atoms with E-state index in [0.717, 1.165) is 17.5 Å². The van der Waals surface area contributed by atoms with Crippen molar-refractivity contribution in [2.45, 2.75) is 44.8 Å². The standard InChI is InChI=1S/C15H21BrO2/c1-2-3-4-5-14-10-18-15(11-17-14)12-6-8-13(16)9-7-12/h6-9,14-15H,2-5,10-11H2,1H3. The van der Waals surface area contributed by atoms with E-state index in [4.69, 9.17) is 9.47 Å². The van der Waals surface area contributed by atoms with Gasteiger partial charge in [0.1, 0.15) is 6.10 Å². The summed E-state index contributed by atoms with van der Waals surface area (Å²) < 4.78 is 12.9. The molecule has 1 fully saturated rings. The molecule has 0 spiro atoms. The molecule has 100 valence electrons. The maximum Gasteiger partial charge on any atom is 0.106 e. The minimum absolute atomic E-state index is 0.0977. The molecule has 0 amide bonds. The molecule has 1 saturated heterocycles. The van der Waals surface area contributed by atoms with Gasteiger partial charge >= 0.3 is 0 Å². The van der Waals surface area contributed by atoms with Gasteiger partial charge in [-0.3, -0.25) is 0 Å². The summed E-state index contributed by atoms with van der Waals surface area (Å²) in [6.07, 6.45) is 5.31. The second-order valence-corrected chi connectivity index (χ2v) is 5.74. The fraction of sp³-hybridized carbons (Fsp3) is 0.600. The molecule has 2 rings (SSSR count). The van der Waals surface area contributed by atoms with E-state index in [1.165, 1.54) is 24.8 Å². The van der Waals surface area contributed by atoms with Gasteiger partial charge in [0.15, 0.2) is 0 Å². The van der Waals surface area contributed by atoms with Crippen LogP contribution in [0.25, 0.3) is 0 Å². The minimum atomic E-state index is 0.0977. The highest BCUT2D eigenvalue weighted by Crippen LogP contribution is 2.25. The van der Waals surface area contributed by atoms with E-state index in [-0.39, 0.29) is 6.10 Å². The molecule has 2 unspecified atom stereocenters. The van der Waals surface area contributed by atoms with Crippen LogP contribution in [0.5, 0.6) is 0 Å². The highest BCUT2D eigenvalue weighted by atomic mass is 79.9. The second-order valence-electron chi connectivity index (χ2n) is 4.82. The lowest BCUT2D eigenvalue weighted by Gasteiger charge is -2.30. The summed E-state index contributed by atoms with van der Waals surface area (Å²) in [6, 6.07) is 8.28. The van der Waals surface area contributed by atoms with Crippen LogP contribution in [0, 0.1) is 0 Å². The Balaban J connectivity index is 1.77. The van der Waals surface area contributed by atoms with Crippen molar-refractivity contribution in [1.82, 2.24) is 0 Å². The monoisotopic (exact) mass is 312 g/mol. The molecule has 1 aromatic carbocycles. The van der Waals surface area contributed by atoms with Gasteiger partial charge in [0.2, 0.25) is 0 Å². The Morgan fingerprint density at radius 1 is 1.11 bits per heavy atom. The lowest BCUT2D eigenvalue weighted by atomic mass is 10.1. The van der Waals surface area contributed by atoms with Crippen LogP contribution in [0.4, 0.5) is 0 Å². The SMILES string of the molecule is CCCCCC1COC(c2ccc(Br)cc2)CO1. The smallest absolute Gasteiger partial charge is 0.106 e. The third-order valence-electron chi connectivity index (χ3n) is 3.34. The lowest BCUT2D eigenvalue weighted by molar-refractivity contribution is -0.137. The maximum absolute atomic E-state index is 5.91. The molecular formula is C15H21BrO2. The number of ether oxygens (including phenoxy) is 2. The summed E-state index contributed by atoms with van der Waals surface area (Å²) in [4.78, 5) is 0. The van der Waals surface area contributed by atoms with Crippen molar-refractivity contribution in [2.24, 2.45) is 0 Å². The average molecular weight is 313 g/mol. The van der Waals surface area contributed by atoms with Gasteiger partial charge in [-0.1, -0.05) is 54.2 Å². The number of benzene rings is 1. The normalized spacial score (nSPS) is 24.1. The molecule has 1 aliphatic rings. The fourth-order valence-electron chi connectivity index (χ4n) is 2.20. The number of hydrogen-bond donors (Lipinski definition) is 0. The molecule has 0 N–H and O–H groups in total. The predicted molar refractivity (Wildman–Crippen MR) is 76.7 cm³/mol. The molecule has 0 aromatic heterocycles. The molecule has 0 bridgehead atoms. The van der Waals surface area contributed by atoms with Crippen LogP contribution in [0.15, 0.2) is 28.7 Å². The molecule has 1 aromatic rings. The lowest BCUT2D eigenvalue weighted by Crippen LogP contribution is -2.31. The van der Waals surface area contributed by atoms with Gasteiger partial charge in [-0.15, -0.1) is 0 Å². The van der Waals surface area contributed by atoms with Crippen LogP contribution in [0.1, 0.15) is 44.3 Å². The van der Waals surface area contributed by atoms with Crippen molar-refractivity contribution >= 4 is 15.9 Å². The Morgan fingerprint density at radius 3 is 2.50 bits per heavy atom. The van der Waals surface area contributed by atoms with Crippen molar-refractivity contribution in [3.05, 3.63) is 34.3 Å². The molecule has 1 heterocycles. The van der Waals surface area contributed by atoms with Crippen LogP contribution < -0.4 is 0 Å². The molecule has 1 aliphatic heterocycles. The predicted octanol–water partition coefficient (Wildman–Crippen LogP) is 4.49. The Kier molecular flexibility index (Phi) is 5.67. The van der Waals surface area contributed by atoms with E-state index in [9.17, 15) is 0 Å². The third-order valence-corrected chi connectivity index (χ3v) is 3.87. The van der Waals surface area contributed by atoms with Crippen LogP contribution in [0.3, 0.4) is 0 Å². The van der Waals surface area contributed by atoms with E-state index in [1.807, 2.05) is 12.1 Å². The van der Waals surface area contributed by atoms with E-state index in [1.54, 1.807) is 0 Å². The summed E-state index contributed by atoms with van der Waals surface area (Å²) in [7, 11) is 0. The summed E-state index contributed by atoms with van der Waals surface area (Å²) in [5.74, 6) is 0. The molecule has 18 heavy (non-hydrogen) atoms. The third kappa shape index (κ3) is 4.08. The largest absolute Gasteiger partial charge is 0.373 e. The molecule has 0 radical (unpaired) electrons. The van der Waals surface area contributed by atoms with Crippen LogP contribution in [-0.4, -0.2) is 19.3 Å². The van der Waals surface area contributed by atoms with Crippen molar-refractivity contribution in [3.8, 4) is 0 Å². The van der Waals surface area contributed by atoms with Gasteiger partial charge in [0.05, 0.1) is 19.3 Å². The van der Waals surface area contributed by atoms with Crippen LogP contribution >= 0.6 is 15.9 Å². The molecule has 0 aliphatic carbocycles. The van der Waals surface area contributed by atoms with Crippen LogP contribution in [0.2, 0.25) is 0 Å². The average Bonchev–Trinajstić information content (AvgIpc) is 2.41. The zero-order valence-corrected chi connectivity index (χ0v) is 12.5. The molecule has 2 atom stereocenters. The topological polar surface area (TPSA) is 18.5 Å². The first kappa shape index (κ1) is 14.0. The fourth-order valence-corrected chi connectivity index (χ4v) is 2.47. The maximum atomic E-state index is 5.91. The number of hydrogen-bond acceptors (Lipinski definition) is 2. The zero-order valence-electron chi connectivity index (χ0n) is 10.9.